The normalized spacial score (nSPS) is 19.2. The Labute approximate surface area is 193 Å². The molecule has 5 unspecified atom stereocenters. The molecule has 1 saturated heterocycles. The molecule has 0 bridgehead atoms. The van der Waals surface area contributed by atoms with Crippen LogP contribution in [0.4, 0.5) is 0 Å². The molecule has 0 aliphatic carbocycles. The predicted molar refractivity (Wildman–Crippen MR) is 121 cm³/mol. The zero-order valence-corrected chi connectivity index (χ0v) is 19.2. The van der Waals surface area contributed by atoms with Gasteiger partial charge in [0.25, 0.3) is 0 Å². The van der Waals surface area contributed by atoms with Crippen molar-refractivity contribution < 1.29 is 29.4 Å². The molecule has 10 heteroatoms. The van der Waals surface area contributed by atoms with Gasteiger partial charge in [0.2, 0.25) is 17.7 Å². The van der Waals surface area contributed by atoms with Gasteiger partial charge in [-0.1, -0.05) is 44.2 Å². The number of carbonyl (C=O) groups excluding carboxylic acids is 3. The highest BCUT2D eigenvalue weighted by atomic mass is 16.4. The quantitative estimate of drug-likeness (QED) is 0.260. The molecule has 0 radical (unpaired) electrons. The lowest BCUT2D eigenvalue weighted by molar-refractivity contribution is -0.142. The third-order valence-corrected chi connectivity index (χ3v) is 5.58. The number of carboxylic acids is 1. The van der Waals surface area contributed by atoms with Crippen molar-refractivity contribution in [3.8, 4) is 0 Å². The number of amides is 3. The van der Waals surface area contributed by atoms with Gasteiger partial charge in [0.1, 0.15) is 18.1 Å². The van der Waals surface area contributed by atoms with E-state index in [1.165, 1.54) is 6.92 Å². The highest BCUT2D eigenvalue weighted by Crippen LogP contribution is 2.09. The minimum Gasteiger partial charge on any atom is -0.480 e. The number of rotatable bonds is 11. The molecule has 1 aliphatic heterocycles. The lowest BCUT2D eigenvalue weighted by Crippen LogP contribution is -2.60. The highest BCUT2D eigenvalue weighted by molar-refractivity contribution is 5.94. The zero-order valence-electron chi connectivity index (χ0n) is 19.2. The topological polar surface area (TPSA) is 157 Å². The smallest absolute Gasteiger partial charge is 0.326 e. The van der Waals surface area contributed by atoms with Crippen molar-refractivity contribution in [2.24, 2.45) is 5.92 Å². The maximum absolute atomic E-state index is 12.9. The molecule has 3 amide bonds. The van der Waals surface area contributed by atoms with Crippen molar-refractivity contribution in [1.82, 2.24) is 21.3 Å². The molecule has 33 heavy (non-hydrogen) atoms. The van der Waals surface area contributed by atoms with Crippen LogP contribution in [0.1, 0.15) is 39.2 Å². The molecular weight excluding hydrogens is 428 g/mol. The number of aliphatic hydroxyl groups excluding tert-OH is 1. The van der Waals surface area contributed by atoms with Gasteiger partial charge in [-0.3, -0.25) is 14.4 Å². The summed E-state index contributed by atoms with van der Waals surface area (Å²) in [5.74, 6) is -3.34. The Morgan fingerprint density at radius 2 is 1.64 bits per heavy atom. The van der Waals surface area contributed by atoms with Crippen LogP contribution < -0.4 is 21.3 Å². The van der Waals surface area contributed by atoms with Gasteiger partial charge in [-0.2, -0.15) is 0 Å². The van der Waals surface area contributed by atoms with Crippen LogP contribution in [0.25, 0.3) is 0 Å². The molecule has 1 aliphatic rings. The summed E-state index contributed by atoms with van der Waals surface area (Å²) >= 11 is 0. The van der Waals surface area contributed by atoms with Gasteiger partial charge in [0, 0.05) is 6.42 Å². The van der Waals surface area contributed by atoms with E-state index in [0.29, 0.717) is 13.0 Å². The van der Waals surface area contributed by atoms with Crippen LogP contribution in [0.2, 0.25) is 0 Å². The van der Waals surface area contributed by atoms with Gasteiger partial charge in [-0.25, -0.2) is 4.79 Å². The molecule has 1 aromatic carbocycles. The summed E-state index contributed by atoms with van der Waals surface area (Å²) in [5.41, 5.74) is 0.743. The van der Waals surface area contributed by atoms with Crippen molar-refractivity contribution in [3.05, 3.63) is 35.9 Å². The van der Waals surface area contributed by atoms with E-state index in [9.17, 15) is 29.4 Å². The van der Waals surface area contributed by atoms with E-state index in [1.807, 2.05) is 6.07 Å². The summed E-state index contributed by atoms with van der Waals surface area (Å²) in [6, 6.07) is 4.96. The van der Waals surface area contributed by atoms with Crippen molar-refractivity contribution >= 4 is 23.7 Å². The molecule has 5 atom stereocenters. The summed E-state index contributed by atoms with van der Waals surface area (Å²) in [4.78, 5) is 49.9. The highest BCUT2D eigenvalue weighted by Gasteiger charge is 2.34. The summed E-state index contributed by atoms with van der Waals surface area (Å²) in [6.45, 7) is 5.48. The van der Waals surface area contributed by atoms with E-state index in [4.69, 9.17) is 0 Å². The Hall–Kier alpha value is -2.98. The maximum Gasteiger partial charge on any atom is 0.326 e. The molecule has 1 heterocycles. The Balaban J connectivity index is 2.06. The number of nitrogens with one attached hydrogen (secondary N) is 4. The fraction of sp³-hybridized carbons (Fsp3) is 0.565. The van der Waals surface area contributed by atoms with Crippen molar-refractivity contribution in [2.75, 3.05) is 6.54 Å². The fourth-order valence-electron chi connectivity index (χ4n) is 3.66. The van der Waals surface area contributed by atoms with Gasteiger partial charge >= 0.3 is 5.97 Å². The van der Waals surface area contributed by atoms with Crippen molar-refractivity contribution in [1.29, 1.82) is 0 Å². The first-order chi connectivity index (χ1) is 15.6. The van der Waals surface area contributed by atoms with Crippen LogP contribution in [0.3, 0.4) is 0 Å². The first kappa shape index (κ1) is 26.3. The summed E-state index contributed by atoms with van der Waals surface area (Å²) in [6.07, 6.45) is 0.361. The molecule has 0 saturated carbocycles. The summed E-state index contributed by atoms with van der Waals surface area (Å²) < 4.78 is 0. The number of carbonyl (C=O) groups is 4. The summed E-state index contributed by atoms with van der Waals surface area (Å²) in [5, 5.41) is 30.3. The lowest BCUT2D eigenvalue weighted by atomic mass is 10.0. The lowest BCUT2D eigenvalue weighted by Gasteiger charge is -2.28. The second-order valence-electron chi connectivity index (χ2n) is 8.70. The van der Waals surface area contributed by atoms with Crippen LogP contribution in [0.5, 0.6) is 0 Å². The predicted octanol–water partition coefficient (Wildman–Crippen LogP) is -0.443. The van der Waals surface area contributed by atoms with Gasteiger partial charge < -0.3 is 31.5 Å². The summed E-state index contributed by atoms with van der Waals surface area (Å²) in [7, 11) is 0. The third kappa shape index (κ3) is 7.83. The van der Waals surface area contributed by atoms with E-state index < -0.39 is 54.0 Å². The average molecular weight is 463 g/mol. The van der Waals surface area contributed by atoms with Crippen LogP contribution in [-0.2, 0) is 25.6 Å². The second kappa shape index (κ2) is 12.3. The minimum atomic E-state index is -1.26. The molecule has 0 spiro atoms. The molecule has 0 aromatic heterocycles. The monoisotopic (exact) mass is 462 g/mol. The minimum absolute atomic E-state index is 0.0847. The average Bonchev–Trinajstić information content (AvgIpc) is 3.30. The Kier molecular flexibility index (Phi) is 9.80. The van der Waals surface area contributed by atoms with E-state index >= 15 is 0 Å². The number of hydrogen-bond acceptors (Lipinski definition) is 6. The third-order valence-electron chi connectivity index (χ3n) is 5.58. The van der Waals surface area contributed by atoms with Crippen LogP contribution >= 0.6 is 0 Å². The van der Waals surface area contributed by atoms with Crippen LogP contribution in [-0.4, -0.2) is 70.7 Å². The van der Waals surface area contributed by atoms with Crippen molar-refractivity contribution in [3.63, 3.8) is 0 Å². The molecule has 2 rings (SSSR count). The van der Waals surface area contributed by atoms with E-state index in [0.717, 1.165) is 12.0 Å². The number of hydrogen-bond donors (Lipinski definition) is 6. The van der Waals surface area contributed by atoms with Gasteiger partial charge in [-0.15, -0.1) is 0 Å². The zero-order chi connectivity index (χ0) is 24.5. The van der Waals surface area contributed by atoms with Gasteiger partial charge in [-0.05, 0) is 37.8 Å². The first-order valence-electron chi connectivity index (χ1n) is 11.2. The number of carboxylic acid groups (broad SMARTS) is 1. The molecule has 6 N–H and O–H groups in total. The Morgan fingerprint density at radius 1 is 1.00 bits per heavy atom. The van der Waals surface area contributed by atoms with Crippen LogP contribution in [0.15, 0.2) is 30.3 Å². The molecule has 1 fully saturated rings. The standard InChI is InChI=1S/C23H34N4O6/c1-13(2)18(21(30)25-17(23(32)33)12-15-8-5-4-6-9-15)26-22(31)19(14(3)28)27-20(29)16-10-7-11-24-16/h4-6,8-9,13-14,16-19,24,28H,7,10-12H2,1-3H3,(H,25,30)(H,26,31)(H,27,29)(H,32,33). The number of aliphatic carboxylic acids is 1. The molecule has 182 valence electrons. The van der Waals surface area contributed by atoms with E-state index in [-0.39, 0.29) is 12.3 Å². The van der Waals surface area contributed by atoms with E-state index in [2.05, 4.69) is 21.3 Å². The number of benzene rings is 1. The Morgan fingerprint density at radius 3 is 2.15 bits per heavy atom. The fourth-order valence-corrected chi connectivity index (χ4v) is 3.66. The molecule has 10 nitrogen and oxygen atoms in total. The molecule has 1 aromatic rings. The Bertz CT molecular complexity index is 824. The first-order valence-corrected chi connectivity index (χ1v) is 11.2. The SMILES string of the molecule is CC(C)C(NC(=O)C(NC(=O)C1CCCN1)C(C)O)C(=O)NC(Cc1ccccc1)C(=O)O. The second-order valence-corrected chi connectivity index (χ2v) is 8.70. The van der Waals surface area contributed by atoms with E-state index in [1.54, 1.807) is 38.1 Å². The molecular formula is C23H34N4O6. The van der Waals surface area contributed by atoms with Crippen molar-refractivity contribution in [2.45, 2.75) is 70.3 Å². The maximum atomic E-state index is 12.9. The number of aliphatic hydroxyl groups is 1. The van der Waals surface area contributed by atoms with Crippen LogP contribution in [0, 0.1) is 5.92 Å². The largest absolute Gasteiger partial charge is 0.480 e. The van der Waals surface area contributed by atoms with Gasteiger partial charge in [0.05, 0.1) is 12.1 Å². The van der Waals surface area contributed by atoms with Gasteiger partial charge in [0.15, 0.2) is 0 Å².